The van der Waals surface area contributed by atoms with E-state index in [0.29, 0.717) is 0 Å². The van der Waals surface area contributed by atoms with Crippen molar-refractivity contribution in [1.29, 1.82) is 0 Å². The quantitative estimate of drug-likeness (QED) is 0.428. The normalized spacial score (nSPS) is 10.5. The zero-order valence-corrected chi connectivity index (χ0v) is 13.1. The van der Waals surface area contributed by atoms with E-state index >= 15 is 0 Å². The molecule has 0 aromatic carbocycles. The Labute approximate surface area is 139 Å². The van der Waals surface area contributed by atoms with Crippen LogP contribution in [0.2, 0.25) is 5.15 Å². The number of anilines is 1. The predicted octanol–water partition coefficient (Wildman–Crippen LogP) is 3.17. The van der Waals surface area contributed by atoms with Crippen LogP contribution in [0.3, 0.4) is 0 Å². The maximum absolute atomic E-state index is 11.0. The lowest BCUT2D eigenvalue weighted by molar-refractivity contribution is -0.384. The molecule has 0 radical (unpaired) electrons. The second kappa shape index (κ2) is 6.63. The third-order valence-electron chi connectivity index (χ3n) is 2.83. The summed E-state index contributed by atoms with van der Waals surface area (Å²) in [7, 11) is 0. The number of halogens is 1. The SMILES string of the molecule is O=[N+]([O-])c1c(Cl)ncnc1NCc1csc(-c2ccccn2)n1. The Morgan fingerprint density at radius 1 is 1.30 bits per heavy atom. The van der Waals surface area contributed by atoms with Crippen LogP contribution in [0.1, 0.15) is 5.69 Å². The maximum atomic E-state index is 11.0. The summed E-state index contributed by atoms with van der Waals surface area (Å²) in [5, 5.41) is 16.3. The van der Waals surface area contributed by atoms with E-state index in [2.05, 4.69) is 25.3 Å². The third-order valence-corrected chi connectivity index (χ3v) is 4.02. The highest BCUT2D eigenvalue weighted by Crippen LogP contribution is 2.29. The van der Waals surface area contributed by atoms with Crippen LogP contribution >= 0.6 is 22.9 Å². The van der Waals surface area contributed by atoms with E-state index in [9.17, 15) is 10.1 Å². The molecule has 0 bridgehead atoms. The molecule has 0 saturated heterocycles. The summed E-state index contributed by atoms with van der Waals surface area (Å²) in [5.74, 6) is 0.0578. The van der Waals surface area contributed by atoms with Crippen LogP contribution in [0.15, 0.2) is 36.1 Å². The summed E-state index contributed by atoms with van der Waals surface area (Å²) in [4.78, 5) is 26.5. The van der Waals surface area contributed by atoms with Gasteiger partial charge in [0.2, 0.25) is 11.0 Å². The van der Waals surface area contributed by atoms with Gasteiger partial charge >= 0.3 is 5.69 Å². The Morgan fingerprint density at radius 3 is 2.91 bits per heavy atom. The first-order valence-electron chi connectivity index (χ1n) is 6.39. The molecule has 10 heteroatoms. The fraction of sp³-hybridized carbons (Fsp3) is 0.0769. The van der Waals surface area contributed by atoms with Gasteiger partial charge in [-0.05, 0) is 12.1 Å². The lowest BCUT2D eigenvalue weighted by Gasteiger charge is -2.04. The van der Waals surface area contributed by atoms with Crippen LogP contribution < -0.4 is 5.32 Å². The summed E-state index contributed by atoms with van der Waals surface area (Å²) in [5.41, 5.74) is 1.15. The van der Waals surface area contributed by atoms with E-state index in [0.717, 1.165) is 22.7 Å². The van der Waals surface area contributed by atoms with E-state index < -0.39 is 4.92 Å². The van der Waals surface area contributed by atoms with E-state index in [-0.39, 0.29) is 23.2 Å². The molecule has 3 aromatic rings. The third kappa shape index (κ3) is 3.41. The molecule has 23 heavy (non-hydrogen) atoms. The smallest absolute Gasteiger partial charge is 0.348 e. The minimum Gasteiger partial charge on any atom is -0.359 e. The number of nitrogens with zero attached hydrogens (tertiary/aromatic N) is 5. The standard InChI is InChI=1S/C13H9ClN6O2S/c14-11-10(20(21)22)12(18-7-17-11)16-5-8-6-23-13(19-8)9-3-1-2-4-15-9/h1-4,6-7H,5H2,(H,16,17,18). The number of aromatic nitrogens is 4. The minimum absolute atomic E-state index is 0.0578. The number of pyridine rings is 1. The molecule has 0 amide bonds. The van der Waals surface area contributed by atoms with Crippen molar-refractivity contribution < 1.29 is 4.92 Å². The molecule has 116 valence electrons. The molecule has 0 fully saturated rings. The average molecular weight is 349 g/mol. The molecule has 0 aliphatic heterocycles. The van der Waals surface area contributed by atoms with Gasteiger partial charge in [-0.2, -0.15) is 0 Å². The Balaban J connectivity index is 1.76. The van der Waals surface area contributed by atoms with Crippen LogP contribution in [0.25, 0.3) is 10.7 Å². The number of nitro groups is 1. The molecule has 8 nitrogen and oxygen atoms in total. The Hall–Kier alpha value is -2.65. The van der Waals surface area contributed by atoms with Crippen LogP contribution in [0.4, 0.5) is 11.5 Å². The summed E-state index contributed by atoms with van der Waals surface area (Å²) in [6, 6.07) is 5.58. The molecular formula is C13H9ClN6O2S. The highest BCUT2D eigenvalue weighted by atomic mass is 35.5. The summed E-state index contributed by atoms with van der Waals surface area (Å²) >= 11 is 7.18. The van der Waals surface area contributed by atoms with Gasteiger partial charge in [0, 0.05) is 11.6 Å². The van der Waals surface area contributed by atoms with Gasteiger partial charge in [0.05, 0.1) is 22.9 Å². The number of hydrogen-bond donors (Lipinski definition) is 1. The first-order valence-corrected chi connectivity index (χ1v) is 7.65. The fourth-order valence-electron chi connectivity index (χ4n) is 1.82. The van der Waals surface area contributed by atoms with Gasteiger partial charge in [-0.15, -0.1) is 11.3 Å². The van der Waals surface area contributed by atoms with Gasteiger partial charge in [-0.25, -0.2) is 15.0 Å². The van der Waals surface area contributed by atoms with E-state index in [1.165, 1.54) is 11.3 Å². The Kier molecular flexibility index (Phi) is 4.40. The van der Waals surface area contributed by atoms with Crippen molar-refractivity contribution >= 4 is 34.4 Å². The first-order chi connectivity index (χ1) is 11.1. The van der Waals surface area contributed by atoms with Crippen LogP contribution in [0.5, 0.6) is 0 Å². The summed E-state index contributed by atoms with van der Waals surface area (Å²) in [6.07, 6.45) is 2.86. The second-order valence-electron chi connectivity index (χ2n) is 4.33. The Morgan fingerprint density at radius 2 is 2.17 bits per heavy atom. The molecule has 3 aromatic heterocycles. The number of hydrogen-bond acceptors (Lipinski definition) is 8. The average Bonchev–Trinajstić information content (AvgIpc) is 3.02. The van der Waals surface area contributed by atoms with Crippen molar-refractivity contribution in [2.45, 2.75) is 6.54 Å². The fourth-order valence-corrected chi connectivity index (χ4v) is 2.82. The van der Waals surface area contributed by atoms with E-state index in [1.54, 1.807) is 6.20 Å². The first kappa shape index (κ1) is 15.3. The maximum Gasteiger partial charge on any atom is 0.348 e. The molecule has 0 aliphatic rings. The van der Waals surface area contributed by atoms with Gasteiger partial charge in [-0.3, -0.25) is 15.1 Å². The van der Waals surface area contributed by atoms with Crippen molar-refractivity contribution in [2.24, 2.45) is 0 Å². The number of nitrogens with one attached hydrogen (secondary N) is 1. The topological polar surface area (TPSA) is 107 Å². The van der Waals surface area contributed by atoms with Gasteiger partial charge in [0.1, 0.15) is 11.3 Å². The molecule has 3 heterocycles. The molecule has 3 rings (SSSR count). The molecule has 0 spiro atoms. The highest BCUT2D eigenvalue weighted by molar-refractivity contribution is 7.13. The minimum atomic E-state index is -0.620. The van der Waals surface area contributed by atoms with Crippen LogP contribution in [0, 0.1) is 10.1 Å². The zero-order valence-electron chi connectivity index (χ0n) is 11.5. The van der Waals surface area contributed by atoms with Crippen molar-refractivity contribution in [2.75, 3.05) is 5.32 Å². The number of thiazole rings is 1. The lowest BCUT2D eigenvalue weighted by Crippen LogP contribution is -2.06. The van der Waals surface area contributed by atoms with E-state index in [4.69, 9.17) is 11.6 Å². The second-order valence-corrected chi connectivity index (χ2v) is 5.55. The van der Waals surface area contributed by atoms with Crippen molar-refractivity contribution in [1.82, 2.24) is 19.9 Å². The molecule has 0 unspecified atom stereocenters. The lowest BCUT2D eigenvalue weighted by atomic mass is 10.3. The zero-order chi connectivity index (χ0) is 16.2. The van der Waals surface area contributed by atoms with Crippen molar-refractivity contribution in [3.05, 3.63) is 57.1 Å². The van der Waals surface area contributed by atoms with Gasteiger partial charge in [0.25, 0.3) is 0 Å². The molecule has 0 atom stereocenters. The molecule has 0 aliphatic carbocycles. The number of rotatable bonds is 5. The summed E-state index contributed by atoms with van der Waals surface area (Å²) in [6.45, 7) is 0.275. The predicted molar refractivity (Wildman–Crippen MR) is 86.4 cm³/mol. The highest BCUT2D eigenvalue weighted by Gasteiger charge is 2.21. The molecule has 0 saturated carbocycles. The molecule has 1 N–H and O–H groups in total. The van der Waals surface area contributed by atoms with Crippen LogP contribution in [-0.4, -0.2) is 24.9 Å². The van der Waals surface area contributed by atoms with Gasteiger partial charge in [0.15, 0.2) is 0 Å². The van der Waals surface area contributed by atoms with Crippen LogP contribution in [-0.2, 0) is 6.54 Å². The van der Waals surface area contributed by atoms with Gasteiger partial charge in [-0.1, -0.05) is 17.7 Å². The van der Waals surface area contributed by atoms with Gasteiger partial charge < -0.3 is 5.32 Å². The Bertz CT molecular complexity index is 841. The van der Waals surface area contributed by atoms with Crippen molar-refractivity contribution in [3.63, 3.8) is 0 Å². The monoisotopic (exact) mass is 348 g/mol. The molecular weight excluding hydrogens is 340 g/mol. The van der Waals surface area contributed by atoms with Crippen molar-refractivity contribution in [3.8, 4) is 10.7 Å². The largest absolute Gasteiger partial charge is 0.359 e. The summed E-state index contributed by atoms with van der Waals surface area (Å²) < 4.78 is 0. The van der Waals surface area contributed by atoms with E-state index in [1.807, 2.05) is 23.6 Å².